The molecule has 2 amide bonds. The summed E-state index contributed by atoms with van der Waals surface area (Å²) in [6.45, 7) is 2.11. The molecule has 1 aromatic carbocycles. The number of ether oxygens (including phenoxy) is 1. The highest BCUT2D eigenvalue weighted by Crippen LogP contribution is 2.20. The Morgan fingerprint density at radius 2 is 1.79 bits per heavy atom. The second-order valence-electron chi connectivity index (χ2n) is 5.25. The zero-order valence-corrected chi connectivity index (χ0v) is 13.6. The zero-order valence-electron chi connectivity index (χ0n) is 12.9. The predicted octanol–water partition coefficient (Wildman–Crippen LogP) is 2.46. The summed E-state index contributed by atoms with van der Waals surface area (Å²) >= 11 is 5.95. The Morgan fingerprint density at radius 1 is 1.08 bits per heavy atom. The van der Waals surface area contributed by atoms with Crippen LogP contribution < -0.4 is 5.32 Å². The highest BCUT2D eigenvalue weighted by Gasteiger charge is 2.22. The molecule has 0 saturated carbocycles. The fourth-order valence-electron chi connectivity index (χ4n) is 2.46. The molecule has 1 aliphatic heterocycles. The molecule has 1 N–H and O–H groups in total. The molecule has 0 spiro atoms. The quantitative estimate of drug-likeness (QED) is 0.867. The van der Waals surface area contributed by atoms with Gasteiger partial charge in [0, 0.05) is 19.3 Å². The first-order valence-electron chi connectivity index (χ1n) is 7.55. The van der Waals surface area contributed by atoms with E-state index >= 15 is 0 Å². The number of rotatable bonds is 3. The smallest absolute Gasteiger partial charge is 0.258 e. The fourth-order valence-corrected chi connectivity index (χ4v) is 2.67. The molecule has 3 rings (SSSR count). The number of amides is 2. The van der Waals surface area contributed by atoms with E-state index in [1.165, 1.54) is 6.20 Å². The first-order chi connectivity index (χ1) is 11.7. The number of pyridine rings is 1. The van der Waals surface area contributed by atoms with Gasteiger partial charge in [-0.15, -0.1) is 0 Å². The molecule has 1 saturated heterocycles. The minimum Gasteiger partial charge on any atom is -0.378 e. The van der Waals surface area contributed by atoms with Crippen LogP contribution in [0.25, 0.3) is 0 Å². The van der Waals surface area contributed by atoms with E-state index in [4.69, 9.17) is 16.3 Å². The Morgan fingerprint density at radius 3 is 2.54 bits per heavy atom. The number of morpholine rings is 1. The number of benzene rings is 1. The monoisotopic (exact) mass is 345 g/mol. The molecule has 0 unspecified atom stereocenters. The van der Waals surface area contributed by atoms with Crippen molar-refractivity contribution in [2.45, 2.75) is 0 Å². The molecule has 1 fully saturated rings. The van der Waals surface area contributed by atoms with Crippen molar-refractivity contribution in [3.05, 3.63) is 58.9 Å². The Bertz CT molecular complexity index is 760. The maximum Gasteiger partial charge on any atom is 0.258 e. The van der Waals surface area contributed by atoms with Gasteiger partial charge in [0.1, 0.15) is 5.15 Å². The van der Waals surface area contributed by atoms with Crippen LogP contribution >= 0.6 is 11.6 Å². The van der Waals surface area contributed by atoms with Gasteiger partial charge in [-0.2, -0.15) is 0 Å². The molecule has 0 bridgehead atoms. The van der Waals surface area contributed by atoms with Crippen LogP contribution in [0.2, 0.25) is 5.15 Å². The van der Waals surface area contributed by atoms with Gasteiger partial charge in [0.25, 0.3) is 11.8 Å². The van der Waals surface area contributed by atoms with Crippen molar-refractivity contribution in [2.75, 3.05) is 31.6 Å². The van der Waals surface area contributed by atoms with Crippen LogP contribution in [0.4, 0.5) is 5.69 Å². The molecule has 2 aromatic rings. The number of carbonyl (C=O) groups excluding carboxylic acids is 2. The van der Waals surface area contributed by atoms with E-state index in [-0.39, 0.29) is 16.6 Å². The maximum absolute atomic E-state index is 12.7. The van der Waals surface area contributed by atoms with Crippen LogP contribution in [0.15, 0.2) is 42.6 Å². The van der Waals surface area contributed by atoms with E-state index in [2.05, 4.69) is 10.3 Å². The molecule has 124 valence electrons. The minimum absolute atomic E-state index is 0.118. The molecule has 24 heavy (non-hydrogen) atoms. The van der Waals surface area contributed by atoms with Crippen molar-refractivity contribution in [3.8, 4) is 0 Å². The van der Waals surface area contributed by atoms with Crippen molar-refractivity contribution >= 4 is 29.1 Å². The summed E-state index contributed by atoms with van der Waals surface area (Å²) in [6.07, 6.45) is 1.51. The lowest BCUT2D eigenvalue weighted by Gasteiger charge is -2.27. The molecule has 1 aromatic heterocycles. The minimum atomic E-state index is -0.407. The van der Waals surface area contributed by atoms with Gasteiger partial charge in [0.15, 0.2) is 0 Å². The number of halogens is 1. The molecule has 6 nitrogen and oxygen atoms in total. The number of hydrogen-bond donors (Lipinski definition) is 1. The lowest BCUT2D eigenvalue weighted by atomic mass is 10.1. The number of para-hydroxylation sites is 1. The summed E-state index contributed by atoms with van der Waals surface area (Å²) in [5.41, 5.74) is 1.14. The maximum atomic E-state index is 12.7. The van der Waals surface area contributed by atoms with Crippen molar-refractivity contribution in [2.24, 2.45) is 0 Å². The highest BCUT2D eigenvalue weighted by molar-refractivity contribution is 6.33. The standard InChI is InChI=1S/C17H16ClN3O3/c18-15-13(5-3-7-19-15)16(22)20-14-6-2-1-4-12(14)17(23)21-8-10-24-11-9-21/h1-7H,8-11H2,(H,20,22). The fraction of sp³-hybridized carbons (Fsp3) is 0.235. The van der Waals surface area contributed by atoms with Gasteiger partial charge < -0.3 is 15.0 Å². The zero-order chi connectivity index (χ0) is 16.9. The lowest BCUT2D eigenvalue weighted by molar-refractivity contribution is 0.0303. The van der Waals surface area contributed by atoms with Crippen molar-refractivity contribution < 1.29 is 14.3 Å². The van der Waals surface area contributed by atoms with Crippen LogP contribution in [0, 0.1) is 0 Å². The molecule has 0 atom stereocenters. The van der Waals surface area contributed by atoms with Crippen molar-refractivity contribution in [1.82, 2.24) is 9.88 Å². The number of anilines is 1. The number of aromatic nitrogens is 1. The Balaban J connectivity index is 1.83. The van der Waals surface area contributed by atoms with Gasteiger partial charge in [-0.25, -0.2) is 4.98 Å². The van der Waals surface area contributed by atoms with Crippen LogP contribution in [0.1, 0.15) is 20.7 Å². The highest BCUT2D eigenvalue weighted by atomic mass is 35.5. The Hall–Kier alpha value is -2.44. The summed E-state index contributed by atoms with van der Waals surface area (Å²) in [5, 5.41) is 2.86. The number of hydrogen-bond acceptors (Lipinski definition) is 4. The van der Waals surface area contributed by atoms with Gasteiger partial charge in [0.05, 0.1) is 30.0 Å². The number of carbonyl (C=O) groups is 2. The molecule has 0 aliphatic carbocycles. The summed E-state index contributed by atoms with van der Waals surface area (Å²) in [6, 6.07) is 10.1. The van der Waals surface area contributed by atoms with Crippen molar-refractivity contribution in [1.29, 1.82) is 0 Å². The first kappa shape index (κ1) is 16.4. The second kappa shape index (κ2) is 7.42. The average Bonchev–Trinajstić information content (AvgIpc) is 2.62. The van der Waals surface area contributed by atoms with E-state index in [1.54, 1.807) is 41.3 Å². The third-order valence-corrected chi connectivity index (χ3v) is 4.01. The van der Waals surface area contributed by atoms with Gasteiger partial charge >= 0.3 is 0 Å². The topological polar surface area (TPSA) is 71.5 Å². The SMILES string of the molecule is O=C(Nc1ccccc1C(=O)N1CCOCC1)c1cccnc1Cl. The van der Waals surface area contributed by atoms with Crippen LogP contribution in [-0.2, 0) is 4.74 Å². The van der Waals surface area contributed by atoms with Crippen LogP contribution in [0.3, 0.4) is 0 Å². The van der Waals surface area contributed by atoms with E-state index < -0.39 is 5.91 Å². The lowest BCUT2D eigenvalue weighted by Crippen LogP contribution is -2.41. The van der Waals surface area contributed by atoms with E-state index in [0.29, 0.717) is 37.6 Å². The van der Waals surface area contributed by atoms with Crippen molar-refractivity contribution in [3.63, 3.8) is 0 Å². The summed E-state index contributed by atoms with van der Waals surface area (Å²) in [7, 11) is 0. The van der Waals surface area contributed by atoms with E-state index in [9.17, 15) is 9.59 Å². The third-order valence-electron chi connectivity index (χ3n) is 3.71. The van der Waals surface area contributed by atoms with Crippen LogP contribution in [0.5, 0.6) is 0 Å². The van der Waals surface area contributed by atoms with E-state index in [0.717, 1.165) is 0 Å². The molecular formula is C17H16ClN3O3. The summed E-state index contributed by atoms with van der Waals surface area (Å²) in [5.74, 6) is -0.540. The molecule has 7 heteroatoms. The van der Waals surface area contributed by atoms with Gasteiger partial charge in [-0.05, 0) is 24.3 Å². The van der Waals surface area contributed by atoms with Gasteiger partial charge in [-0.1, -0.05) is 23.7 Å². The molecule has 2 heterocycles. The number of nitrogens with one attached hydrogen (secondary N) is 1. The third kappa shape index (κ3) is 3.55. The normalized spacial score (nSPS) is 14.3. The van der Waals surface area contributed by atoms with E-state index in [1.807, 2.05) is 0 Å². The van der Waals surface area contributed by atoms with Gasteiger partial charge in [0.2, 0.25) is 0 Å². The summed E-state index contributed by atoms with van der Waals surface area (Å²) < 4.78 is 5.27. The number of nitrogens with zero attached hydrogens (tertiary/aromatic N) is 2. The summed E-state index contributed by atoms with van der Waals surface area (Å²) in [4.78, 5) is 30.7. The predicted molar refractivity (Wildman–Crippen MR) is 90.4 cm³/mol. The Kier molecular flexibility index (Phi) is 5.08. The molecule has 1 aliphatic rings. The first-order valence-corrected chi connectivity index (χ1v) is 7.92. The average molecular weight is 346 g/mol. The van der Waals surface area contributed by atoms with Gasteiger partial charge in [-0.3, -0.25) is 9.59 Å². The molecular weight excluding hydrogens is 330 g/mol. The second-order valence-corrected chi connectivity index (χ2v) is 5.60. The largest absolute Gasteiger partial charge is 0.378 e. The molecule has 0 radical (unpaired) electrons. The Labute approximate surface area is 144 Å². The van der Waals surface area contributed by atoms with Crippen LogP contribution in [-0.4, -0.2) is 48.0 Å².